The molecule has 0 aliphatic carbocycles. The summed E-state index contributed by atoms with van der Waals surface area (Å²) in [6.45, 7) is 13.5. The molecule has 1 N–H and O–H groups in total. The van der Waals surface area contributed by atoms with E-state index in [4.69, 9.17) is 9.73 Å². The van der Waals surface area contributed by atoms with Gasteiger partial charge in [0.1, 0.15) is 0 Å². The van der Waals surface area contributed by atoms with E-state index in [1.807, 2.05) is 11.7 Å². The van der Waals surface area contributed by atoms with Crippen molar-refractivity contribution in [3.8, 4) is 0 Å². The lowest BCUT2D eigenvalue weighted by Gasteiger charge is -2.26. The molecule has 8 heteroatoms. The van der Waals surface area contributed by atoms with Gasteiger partial charge in [0.25, 0.3) is 0 Å². The SMILES string of the molecule is CCNC(=NCc1ccc(CN2CCOCC2)cc1)N(C)Cc1cn(C)nc1C(C)C.I. The van der Waals surface area contributed by atoms with Gasteiger partial charge >= 0.3 is 0 Å². The molecule has 0 unspecified atom stereocenters. The zero-order valence-electron chi connectivity index (χ0n) is 20.2. The number of hydrogen-bond acceptors (Lipinski definition) is 4. The van der Waals surface area contributed by atoms with E-state index in [9.17, 15) is 0 Å². The molecule has 0 atom stereocenters. The third-order valence-corrected chi connectivity index (χ3v) is 5.53. The number of nitrogens with zero attached hydrogens (tertiary/aromatic N) is 5. The van der Waals surface area contributed by atoms with Crippen molar-refractivity contribution < 1.29 is 4.74 Å². The van der Waals surface area contributed by atoms with Crippen molar-refractivity contribution in [2.75, 3.05) is 39.9 Å². The Balaban J connectivity index is 0.00000363. The molecule has 0 radical (unpaired) electrons. The van der Waals surface area contributed by atoms with Crippen molar-refractivity contribution in [1.82, 2.24) is 24.9 Å². The smallest absolute Gasteiger partial charge is 0.194 e. The molecule has 1 aromatic heterocycles. The molecule has 32 heavy (non-hydrogen) atoms. The molecular weight excluding hydrogens is 515 g/mol. The maximum absolute atomic E-state index is 5.44. The Morgan fingerprint density at radius 3 is 2.47 bits per heavy atom. The standard InChI is InChI=1S/C24H38N6O.HI/c1-6-25-24(28(4)17-22-18-29(5)27-23(22)19(2)3)26-15-20-7-9-21(10-8-20)16-30-11-13-31-14-12-30;/h7-10,18-19H,6,11-17H2,1-5H3,(H,25,26);1H. The Labute approximate surface area is 210 Å². The van der Waals surface area contributed by atoms with Crippen LogP contribution in [0.1, 0.15) is 49.1 Å². The van der Waals surface area contributed by atoms with Gasteiger partial charge in [-0.15, -0.1) is 24.0 Å². The Kier molecular flexibility index (Phi) is 10.9. The fraction of sp³-hybridized carbons (Fsp3) is 0.583. The molecule has 1 aliphatic rings. The van der Waals surface area contributed by atoms with E-state index in [-0.39, 0.29) is 24.0 Å². The van der Waals surface area contributed by atoms with Gasteiger partial charge in [0.2, 0.25) is 0 Å². The average molecular weight is 555 g/mol. The summed E-state index contributed by atoms with van der Waals surface area (Å²) in [4.78, 5) is 9.51. The van der Waals surface area contributed by atoms with Crippen LogP contribution >= 0.6 is 24.0 Å². The van der Waals surface area contributed by atoms with Crippen LogP contribution in [0.5, 0.6) is 0 Å². The van der Waals surface area contributed by atoms with Gasteiger partial charge < -0.3 is 15.0 Å². The highest BCUT2D eigenvalue weighted by molar-refractivity contribution is 14.0. The summed E-state index contributed by atoms with van der Waals surface area (Å²) in [6, 6.07) is 8.84. The number of benzene rings is 1. The van der Waals surface area contributed by atoms with Gasteiger partial charge in [0.15, 0.2) is 5.96 Å². The predicted octanol–water partition coefficient (Wildman–Crippen LogP) is 3.59. The third kappa shape index (κ3) is 7.74. The summed E-state index contributed by atoms with van der Waals surface area (Å²) in [7, 11) is 4.07. The maximum atomic E-state index is 5.44. The Morgan fingerprint density at radius 1 is 1.19 bits per heavy atom. The van der Waals surface area contributed by atoms with Gasteiger partial charge in [-0.2, -0.15) is 5.10 Å². The molecule has 0 amide bonds. The van der Waals surface area contributed by atoms with E-state index >= 15 is 0 Å². The summed E-state index contributed by atoms with van der Waals surface area (Å²) in [5.41, 5.74) is 4.97. The second-order valence-corrected chi connectivity index (χ2v) is 8.60. The monoisotopic (exact) mass is 554 g/mol. The van der Waals surface area contributed by atoms with Crippen molar-refractivity contribution in [3.63, 3.8) is 0 Å². The molecule has 1 aliphatic heterocycles. The van der Waals surface area contributed by atoms with Crippen LogP contribution in [0.3, 0.4) is 0 Å². The van der Waals surface area contributed by atoms with Gasteiger partial charge in [0.05, 0.1) is 25.5 Å². The van der Waals surface area contributed by atoms with Crippen LogP contribution in [-0.2, 0) is 31.4 Å². The highest BCUT2D eigenvalue weighted by Crippen LogP contribution is 2.18. The normalized spacial score (nSPS) is 15.0. The number of morpholine rings is 1. The van der Waals surface area contributed by atoms with Gasteiger partial charge in [-0.3, -0.25) is 9.58 Å². The van der Waals surface area contributed by atoms with Crippen molar-refractivity contribution in [3.05, 3.63) is 52.8 Å². The van der Waals surface area contributed by atoms with E-state index < -0.39 is 0 Å². The second-order valence-electron chi connectivity index (χ2n) is 8.60. The van der Waals surface area contributed by atoms with Crippen LogP contribution in [-0.4, -0.2) is 65.4 Å². The van der Waals surface area contributed by atoms with Gasteiger partial charge in [0, 0.05) is 58.6 Å². The van der Waals surface area contributed by atoms with Crippen molar-refractivity contribution in [2.24, 2.45) is 12.0 Å². The van der Waals surface area contributed by atoms with E-state index in [0.29, 0.717) is 12.5 Å². The van der Waals surface area contributed by atoms with Crippen LogP contribution in [0.15, 0.2) is 35.5 Å². The number of halogens is 1. The largest absolute Gasteiger partial charge is 0.379 e. The lowest BCUT2D eigenvalue weighted by molar-refractivity contribution is 0.0342. The summed E-state index contributed by atoms with van der Waals surface area (Å²) < 4.78 is 7.34. The number of hydrogen-bond donors (Lipinski definition) is 1. The zero-order valence-corrected chi connectivity index (χ0v) is 22.5. The van der Waals surface area contributed by atoms with E-state index in [1.54, 1.807) is 0 Å². The van der Waals surface area contributed by atoms with Crippen LogP contribution in [0, 0.1) is 0 Å². The first-order valence-electron chi connectivity index (χ1n) is 11.4. The number of nitrogens with one attached hydrogen (secondary N) is 1. The number of aromatic nitrogens is 2. The first kappa shape index (κ1) is 26.6. The Hall–Kier alpha value is -1.65. The summed E-state index contributed by atoms with van der Waals surface area (Å²) in [5, 5.41) is 8.06. The topological polar surface area (TPSA) is 57.9 Å². The first-order chi connectivity index (χ1) is 15.0. The molecule has 178 valence electrons. The molecule has 7 nitrogen and oxygen atoms in total. The van der Waals surface area contributed by atoms with Crippen LogP contribution in [0.4, 0.5) is 0 Å². The molecule has 0 saturated carbocycles. The first-order valence-corrected chi connectivity index (χ1v) is 11.4. The third-order valence-electron chi connectivity index (χ3n) is 5.53. The summed E-state index contributed by atoms with van der Waals surface area (Å²) >= 11 is 0. The molecule has 0 spiro atoms. The molecule has 3 rings (SSSR count). The summed E-state index contributed by atoms with van der Waals surface area (Å²) in [5.74, 6) is 1.32. The average Bonchev–Trinajstić information content (AvgIpc) is 3.13. The highest BCUT2D eigenvalue weighted by atomic mass is 127. The van der Waals surface area contributed by atoms with E-state index in [0.717, 1.165) is 57.6 Å². The van der Waals surface area contributed by atoms with Crippen LogP contribution in [0.2, 0.25) is 0 Å². The van der Waals surface area contributed by atoms with E-state index in [2.05, 4.69) is 78.5 Å². The quantitative estimate of drug-likeness (QED) is 0.307. The Morgan fingerprint density at radius 2 is 1.84 bits per heavy atom. The number of ether oxygens (including phenoxy) is 1. The molecular formula is C24H39IN6O. The van der Waals surface area contributed by atoms with Crippen molar-refractivity contribution >= 4 is 29.9 Å². The molecule has 0 bridgehead atoms. The minimum atomic E-state index is 0. The molecule has 1 saturated heterocycles. The number of rotatable bonds is 8. The molecule has 2 heterocycles. The number of guanidine groups is 1. The minimum Gasteiger partial charge on any atom is -0.379 e. The van der Waals surface area contributed by atoms with Gasteiger partial charge in [-0.1, -0.05) is 38.1 Å². The lowest BCUT2D eigenvalue weighted by atomic mass is 10.1. The van der Waals surface area contributed by atoms with Gasteiger partial charge in [-0.25, -0.2) is 4.99 Å². The van der Waals surface area contributed by atoms with Crippen molar-refractivity contribution in [2.45, 2.75) is 46.3 Å². The number of aliphatic imine (C=N–C) groups is 1. The summed E-state index contributed by atoms with van der Waals surface area (Å²) in [6.07, 6.45) is 2.11. The number of aryl methyl sites for hydroxylation is 1. The maximum Gasteiger partial charge on any atom is 0.194 e. The Bertz CT molecular complexity index is 843. The van der Waals surface area contributed by atoms with Crippen LogP contribution in [0.25, 0.3) is 0 Å². The molecule has 1 aromatic carbocycles. The van der Waals surface area contributed by atoms with Gasteiger partial charge in [-0.05, 0) is 24.0 Å². The van der Waals surface area contributed by atoms with Crippen LogP contribution < -0.4 is 5.32 Å². The minimum absolute atomic E-state index is 0. The lowest BCUT2D eigenvalue weighted by Crippen LogP contribution is -2.38. The van der Waals surface area contributed by atoms with E-state index in [1.165, 1.54) is 16.7 Å². The fourth-order valence-corrected chi connectivity index (χ4v) is 3.90. The fourth-order valence-electron chi connectivity index (χ4n) is 3.90. The zero-order chi connectivity index (χ0) is 22.2. The molecule has 1 fully saturated rings. The highest BCUT2D eigenvalue weighted by Gasteiger charge is 2.15. The molecule has 2 aromatic rings. The van der Waals surface area contributed by atoms with Crippen molar-refractivity contribution in [1.29, 1.82) is 0 Å². The predicted molar refractivity (Wildman–Crippen MR) is 142 cm³/mol. The second kappa shape index (κ2) is 13.2.